The minimum Gasteiger partial charge on any atom is -0.348 e. The predicted molar refractivity (Wildman–Crippen MR) is 104 cm³/mol. The van der Waals surface area contributed by atoms with E-state index >= 15 is 0 Å². The van der Waals surface area contributed by atoms with Crippen molar-refractivity contribution in [1.29, 1.82) is 0 Å². The first-order chi connectivity index (χ1) is 12.7. The van der Waals surface area contributed by atoms with Crippen molar-refractivity contribution in [3.05, 3.63) is 55.6 Å². The topological polar surface area (TPSA) is 65.2 Å². The lowest BCUT2D eigenvalue weighted by Crippen LogP contribution is -2.48. The number of hydrogen-bond acceptors (Lipinski definition) is 4. The number of aromatic amines is 1. The SMILES string of the molecule is O=C(N[C@@H]1CCCN(Cc2cccs2)C1)c1cc2c([nH]c1=O)CCCC2. The van der Waals surface area contributed by atoms with Crippen molar-refractivity contribution in [3.8, 4) is 0 Å². The van der Waals surface area contributed by atoms with Crippen LogP contribution in [0.3, 0.4) is 0 Å². The number of carbonyl (C=O) groups excluding carboxylic acids is 1. The van der Waals surface area contributed by atoms with Gasteiger partial charge in [0.1, 0.15) is 5.56 Å². The molecule has 1 aliphatic heterocycles. The van der Waals surface area contributed by atoms with E-state index in [-0.39, 0.29) is 23.1 Å². The lowest BCUT2D eigenvalue weighted by molar-refractivity contribution is 0.0899. The molecule has 2 aromatic rings. The third-order valence-corrected chi connectivity index (χ3v) is 6.24. The van der Waals surface area contributed by atoms with Crippen molar-refractivity contribution in [2.24, 2.45) is 0 Å². The number of piperidine rings is 1. The smallest absolute Gasteiger partial charge is 0.261 e. The van der Waals surface area contributed by atoms with E-state index < -0.39 is 0 Å². The van der Waals surface area contributed by atoms with Crippen LogP contribution in [0.15, 0.2) is 28.4 Å². The summed E-state index contributed by atoms with van der Waals surface area (Å²) in [5.74, 6) is -0.234. The van der Waals surface area contributed by atoms with E-state index in [1.807, 2.05) is 6.07 Å². The molecule has 138 valence electrons. The first-order valence-corrected chi connectivity index (χ1v) is 10.4. The molecule has 1 fully saturated rings. The summed E-state index contributed by atoms with van der Waals surface area (Å²) >= 11 is 1.77. The molecule has 1 aliphatic carbocycles. The first-order valence-electron chi connectivity index (χ1n) is 9.50. The quantitative estimate of drug-likeness (QED) is 0.868. The zero-order valence-electron chi connectivity index (χ0n) is 14.9. The van der Waals surface area contributed by atoms with Gasteiger partial charge in [0.25, 0.3) is 11.5 Å². The van der Waals surface area contributed by atoms with Crippen LogP contribution in [0.25, 0.3) is 0 Å². The molecule has 6 heteroatoms. The van der Waals surface area contributed by atoms with Gasteiger partial charge < -0.3 is 10.3 Å². The van der Waals surface area contributed by atoms with Crippen LogP contribution in [-0.2, 0) is 19.4 Å². The molecule has 26 heavy (non-hydrogen) atoms. The molecule has 4 rings (SSSR count). The highest BCUT2D eigenvalue weighted by molar-refractivity contribution is 7.09. The van der Waals surface area contributed by atoms with Gasteiger partial charge in [-0.05, 0) is 68.1 Å². The van der Waals surface area contributed by atoms with Gasteiger partial charge in [-0.2, -0.15) is 0 Å². The minimum absolute atomic E-state index is 0.103. The van der Waals surface area contributed by atoms with Crippen molar-refractivity contribution in [3.63, 3.8) is 0 Å². The van der Waals surface area contributed by atoms with Gasteiger partial charge in [-0.3, -0.25) is 14.5 Å². The highest BCUT2D eigenvalue weighted by atomic mass is 32.1. The number of fused-ring (bicyclic) bond motifs is 1. The third-order valence-electron chi connectivity index (χ3n) is 5.38. The average molecular weight is 372 g/mol. The summed E-state index contributed by atoms with van der Waals surface area (Å²) in [7, 11) is 0. The van der Waals surface area contributed by atoms with Gasteiger partial charge in [0.05, 0.1) is 0 Å². The van der Waals surface area contributed by atoms with E-state index in [0.717, 1.165) is 69.4 Å². The van der Waals surface area contributed by atoms with E-state index in [1.165, 1.54) is 4.88 Å². The van der Waals surface area contributed by atoms with Gasteiger partial charge in [0, 0.05) is 29.7 Å². The first kappa shape index (κ1) is 17.5. The van der Waals surface area contributed by atoms with Gasteiger partial charge in [-0.15, -0.1) is 11.3 Å². The number of carbonyl (C=O) groups is 1. The number of pyridine rings is 1. The molecular weight excluding hydrogens is 346 g/mol. The van der Waals surface area contributed by atoms with Crippen LogP contribution in [0.2, 0.25) is 0 Å². The molecule has 1 amide bonds. The Kier molecular flexibility index (Phi) is 5.22. The summed E-state index contributed by atoms with van der Waals surface area (Å²) in [5, 5.41) is 5.19. The van der Waals surface area contributed by atoms with E-state index in [2.05, 4.69) is 32.7 Å². The fourth-order valence-electron chi connectivity index (χ4n) is 4.05. The Hall–Kier alpha value is -1.92. The van der Waals surface area contributed by atoms with E-state index in [4.69, 9.17) is 0 Å². The number of aryl methyl sites for hydroxylation is 2. The number of hydrogen-bond donors (Lipinski definition) is 2. The van der Waals surface area contributed by atoms with Gasteiger partial charge >= 0.3 is 0 Å². The zero-order chi connectivity index (χ0) is 17.9. The Morgan fingerprint density at radius 3 is 3.04 bits per heavy atom. The highest BCUT2D eigenvalue weighted by Crippen LogP contribution is 2.19. The largest absolute Gasteiger partial charge is 0.348 e. The molecule has 0 aromatic carbocycles. The van der Waals surface area contributed by atoms with Crippen LogP contribution in [0, 0.1) is 0 Å². The van der Waals surface area contributed by atoms with Crippen molar-refractivity contribution >= 4 is 17.2 Å². The van der Waals surface area contributed by atoms with Gasteiger partial charge in [0.2, 0.25) is 0 Å². The van der Waals surface area contributed by atoms with Crippen LogP contribution in [0.1, 0.15) is 52.2 Å². The molecule has 3 heterocycles. The fourth-order valence-corrected chi connectivity index (χ4v) is 4.79. The zero-order valence-corrected chi connectivity index (χ0v) is 15.7. The lowest BCUT2D eigenvalue weighted by atomic mass is 9.95. The molecule has 0 spiro atoms. The summed E-state index contributed by atoms with van der Waals surface area (Å²) in [5.41, 5.74) is 2.15. The number of nitrogens with zero attached hydrogens (tertiary/aromatic N) is 1. The summed E-state index contributed by atoms with van der Waals surface area (Å²) in [4.78, 5) is 31.7. The van der Waals surface area contributed by atoms with Crippen LogP contribution in [-0.4, -0.2) is 34.9 Å². The molecule has 0 radical (unpaired) electrons. The number of likely N-dealkylation sites (tertiary alicyclic amines) is 1. The maximum Gasteiger partial charge on any atom is 0.261 e. The summed E-state index contributed by atoms with van der Waals surface area (Å²) < 4.78 is 0. The van der Waals surface area contributed by atoms with E-state index in [1.54, 1.807) is 11.3 Å². The maximum atomic E-state index is 12.7. The molecule has 5 nitrogen and oxygen atoms in total. The molecule has 1 saturated heterocycles. The maximum absolute atomic E-state index is 12.7. The molecule has 1 atom stereocenters. The monoisotopic (exact) mass is 371 g/mol. The second kappa shape index (κ2) is 7.76. The number of H-pyrrole nitrogens is 1. The number of nitrogens with one attached hydrogen (secondary N) is 2. The molecule has 2 N–H and O–H groups in total. The number of aromatic nitrogens is 1. The number of amides is 1. The summed E-state index contributed by atoms with van der Waals surface area (Å²) in [6.07, 6.45) is 6.13. The Morgan fingerprint density at radius 2 is 2.19 bits per heavy atom. The Bertz CT molecular complexity index is 828. The van der Waals surface area contributed by atoms with Crippen LogP contribution in [0.5, 0.6) is 0 Å². The summed E-state index contributed by atoms with van der Waals surface area (Å²) in [6.45, 7) is 2.83. The fraction of sp³-hybridized carbons (Fsp3) is 0.500. The Morgan fingerprint density at radius 1 is 1.31 bits per heavy atom. The van der Waals surface area contributed by atoms with Crippen LogP contribution in [0.4, 0.5) is 0 Å². The molecule has 0 bridgehead atoms. The van der Waals surface area contributed by atoms with Crippen molar-refractivity contribution in [2.75, 3.05) is 13.1 Å². The highest BCUT2D eigenvalue weighted by Gasteiger charge is 2.24. The van der Waals surface area contributed by atoms with Gasteiger partial charge in [0.15, 0.2) is 0 Å². The van der Waals surface area contributed by atoms with Crippen LogP contribution >= 0.6 is 11.3 Å². The molecule has 0 unspecified atom stereocenters. The standard InChI is InChI=1S/C20H25N3O2S/c24-19(17-11-14-5-1-2-8-18(14)22-20(17)25)21-15-6-3-9-23(12-15)13-16-7-4-10-26-16/h4,7,10-11,15H,1-3,5-6,8-9,12-13H2,(H,21,24)(H,22,25)/t15-/m1/s1. The average Bonchev–Trinajstić information content (AvgIpc) is 3.14. The lowest BCUT2D eigenvalue weighted by Gasteiger charge is -2.32. The number of thiophene rings is 1. The van der Waals surface area contributed by atoms with Crippen molar-refractivity contribution in [1.82, 2.24) is 15.2 Å². The Labute approximate surface area is 157 Å². The second-order valence-corrected chi connectivity index (χ2v) is 8.38. The minimum atomic E-state index is -0.255. The van der Waals surface area contributed by atoms with Crippen molar-refractivity contribution < 1.29 is 4.79 Å². The molecule has 2 aromatic heterocycles. The van der Waals surface area contributed by atoms with Crippen LogP contribution < -0.4 is 10.9 Å². The molecule has 0 saturated carbocycles. The number of rotatable bonds is 4. The second-order valence-electron chi connectivity index (χ2n) is 7.35. The van der Waals surface area contributed by atoms with E-state index in [0.29, 0.717) is 0 Å². The van der Waals surface area contributed by atoms with Gasteiger partial charge in [-0.25, -0.2) is 0 Å². The summed E-state index contributed by atoms with van der Waals surface area (Å²) in [6, 6.07) is 6.15. The Balaban J connectivity index is 1.42. The normalized spacial score (nSPS) is 20.5. The van der Waals surface area contributed by atoms with Gasteiger partial charge in [-0.1, -0.05) is 6.07 Å². The van der Waals surface area contributed by atoms with E-state index in [9.17, 15) is 9.59 Å². The third kappa shape index (κ3) is 3.91. The predicted octanol–water partition coefficient (Wildman–Crippen LogP) is 2.71. The van der Waals surface area contributed by atoms with Crippen molar-refractivity contribution in [2.45, 2.75) is 51.1 Å². The molecular formula is C20H25N3O2S. The molecule has 2 aliphatic rings.